The highest BCUT2D eigenvalue weighted by Crippen LogP contribution is 2.11. The number of rotatable bonds is 8. The van der Waals surface area contributed by atoms with Gasteiger partial charge in [0, 0.05) is 18.8 Å². The van der Waals surface area contributed by atoms with Crippen LogP contribution in [0.3, 0.4) is 0 Å². The largest absolute Gasteiger partial charge is 0.464 e. The quantitative estimate of drug-likeness (QED) is 0.544. The Hall–Kier alpha value is -1.56. The smallest absolute Gasteiger partial charge is 0.360 e. The van der Waals surface area contributed by atoms with E-state index in [-0.39, 0.29) is 30.4 Å². The Morgan fingerprint density at radius 2 is 2.19 bits per heavy atom. The number of halogens is 1. The maximum atomic E-state index is 12.0. The average Bonchev–Trinajstić information content (AvgIpc) is 2.91. The lowest BCUT2D eigenvalue weighted by atomic mass is 10.1. The molecule has 6 nitrogen and oxygen atoms in total. The Morgan fingerprint density at radius 1 is 1.48 bits per heavy atom. The van der Waals surface area contributed by atoms with Crippen LogP contribution in [-0.2, 0) is 16.1 Å². The number of carbonyl (C=O) groups excluding carboxylic acids is 2. The molecular formula is C14H21ClN2O4. The van der Waals surface area contributed by atoms with Crippen molar-refractivity contribution in [2.75, 3.05) is 19.5 Å². The van der Waals surface area contributed by atoms with Gasteiger partial charge in [0.05, 0.1) is 13.7 Å². The number of nitrogens with zero attached hydrogens (tertiary/aromatic N) is 2. The molecule has 1 aromatic heterocycles. The van der Waals surface area contributed by atoms with Gasteiger partial charge in [-0.3, -0.25) is 4.79 Å². The number of hydrogen-bond donors (Lipinski definition) is 0. The number of esters is 1. The second-order valence-electron chi connectivity index (χ2n) is 5.05. The van der Waals surface area contributed by atoms with Gasteiger partial charge in [-0.2, -0.15) is 0 Å². The first-order valence-corrected chi connectivity index (χ1v) is 7.37. The number of methoxy groups -OCH3 is 1. The summed E-state index contributed by atoms with van der Waals surface area (Å²) in [7, 11) is 1.27. The van der Waals surface area contributed by atoms with Crippen molar-refractivity contribution in [1.82, 2.24) is 9.88 Å². The summed E-state index contributed by atoms with van der Waals surface area (Å²) >= 11 is 5.62. The van der Waals surface area contributed by atoms with Crippen LogP contribution in [0.25, 0.3) is 0 Å². The number of ether oxygens (including phenoxy) is 1. The SMILES string of the molecule is COC(=O)c1coc(CN(CCC(C)C)C(=O)CCCl)n1. The number of carbonyl (C=O) groups is 2. The number of hydrogen-bond acceptors (Lipinski definition) is 5. The van der Waals surface area contributed by atoms with Gasteiger partial charge in [0.15, 0.2) is 5.69 Å². The van der Waals surface area contributed by atoms with E-state index in [9.17, 15) is 9.59 Å². The van der Waals surface area contributed by atoms with E-state index in [4.69, 9.17) is 16.0 Å². The van der Waals surface area contributed by atoms with Crippen LogP contribution in [0.2, 0.25) is 0 Å². The Bertz CT molecular complexity index is 473. The molecule has 0 atom stereocenters. The molecule has 0 aliphatic heterocycles. The van der Waals surface area contributed by atoms with Crippen LogP contribution < -0.4 is 0 Å². The molecule has 0 fully saturated rings. The lowest BCUT2D eigenvalue weighted by Crippen LogP contribution is -2.32. The molecule has 0 saturated heterocycles. The Balaban J connectivity index is 2.72. The summed E-state index contributed by atoms with van der Waals surface area (Å²) in [5.41, 5.74) is 0.0982. The number of aromatic nitrogens is 1. The summed E-state index contributed by atoms with van der Waals surface area (Å²) in [5, 5.41) is 0. The van der Waals surface area contributed by atoms with Gasteiger partial charge in [-0.15, -0.1) is 11.6 Å². The van der Waals surface area contributed by atoms with Crippen molar-refractivity contribution in [3.8, 4) is 0 Å². The van der Waals surface area contributed by atoms with Crippen molar-refractivity contribution in [2.24, 2.45) is 5.92 Å². The van der Waals surface area contributed by atoms with Gasteiger partial charge >= 0.3 is 5.97 Å². The molecule has 0 aliphatic carbocycles. The molecule has 0 N–H and O–H groups in total. The minimum atomic E-state index is -0.564. The fourth-order valence-corrected chi connectivity index (χ4v) is 1.85. The lowest BCUT2D eigenvalue weighted by molar-refractivity contribution is -0.131. The van der Waals surface area contributed by atoms with E-state index in [1.165, 1.54) is 13.4 Å². The average molecular weight is 317 g/mol. The van der Waals surface area contributed by atoms with Gasteiger partial charge in [0.25, 0.3) is 0 Å². The van der Waals surface area contributed by atoms with Crippen LogP contribution in [0.4, 0.5) is 0 Å². The second kappa shape index (κ2) is 8.67. The van der Waals surface area contributed by atoms with Crippen molar-refractivity contribution >= 4 is 23.5 Å². The van der Waals surface area contributed by atoms with Gasteiger partial charge < -0.3 is 14.1 Å². The molecule has 0 radical (unpaired) electrons. The maximum absolute atomic E-state index is 12.0. The van der Waals surface area contributed by atoms with Crippen LogP contribution in [-0.4, -0.2) is 41.3 Å². The van der Waals surface area contributed by atoms with Crippen LogP contribution in [0.5, 0.6) is 0 Å². The zero-order valence-corrected chi connectivity index (χ0v) is 13.4. The zero-order valence-electron chi connectivity index (χ0n) is 12.6. The Kier molecular flexibility index (Phi) is 7.22. The van der Waals surface area contributed by atoms with Gasteiger partial charge in [-0.1, -0.05) is 13.8 Å². The van der Waals surface area contributed by atoms with E-state index in [1.54, 1.807) is 4.90 Å². The summed E-state index contributed by atoms with van der Waals surface area (Å²) in [6.07, 6.45) is 2.37. The highest BCUT2D eigenvalue weighted by molar-refractivity contribution is 6.18. The molecule has 1 heterocycles. The van der Waals surface area contributed by atoms with Crippen LogP contribution >= 0.6 is 11.6 Å². The first-order chi connectivity index (χ1) is 9.97. The van der Waals surface area contributed by atoms with Crippen LogP contribution in [0, 0.1) is 5.92 Å². The van der Waals surface area contributed by atoms with E-state index in [0.717, 1.165) is 6.42 Å². The predicted octanol–water partition coefficient (Wildman–Crippen LogP) is 2.46. The van der Waals surface area contributed by atoms with Crippen LogP contribution in [0.1, 0.15) is 43.1 Å². The molecule has 0 aliphatic rings. The van der Waals surface area contributed by atoms with E-state index >= 15 is 0 Å². The normalized spacial score (nSPS) is 10.7. The third kappa shape index (κ3) is 5.75. The minimum Gasteiger partial charge on any atom is -0.464 e. The minimum absolute atomic E-state index is 0.0523. The summed E-state index contributed by atoms with van der Waals surface area (Å²) in [4.78, 5) is 29.0. The molecule has 0 bridgehead atoms. The zero-order chi connectivity index (χ0) is 15.8. The van der Waals surface area contributed by atoms with Crippen molar-refractivity contribution < 1.29 is 18.7 Å². The van der Waals surface area contributed by atoms with Gasteiger partial charge in [-0.05, 0) is 12.3 Å². The lowest BCUT2D eigenvalue weighted by Gasteiger charge is -2.21. The van der Waals surface area contributed by atoms with Crippen molar-refractivity contribution in [3.05, 3.63) is 17.8 Å². The Morgan fingerprint density at radius 3 is 2.76 bits per heavy atom. The van der Waals surface area contributed by atoms with Gasteiger partial charge in [0.2, 0.25) is 11.8 Å². The standard InChI is InChI=1S/C14H21ClN2O4/c1-10(2)5-7-17(13(18)4-6-15)8-12-16-11(9-21-12)14(19)20-3/h9-10H,4-8H2,1-3H3. The molecule has 0 saturated carbocycles. The fraction of sp³-hybridized carbons (Fsp3) is 0.643. The molecular weight excluding hydrogens is 296 g/mol. The first-order valence-electron chi connectivity index (χ1n) is 6.84. The molecule has 0 unspecified atom stereocenters. The van der Waals surface area contributed by atoms with E-state index in [1.807, 2.05) is 0 Å². The first kappa shape index (κ1) is 17.5. The third-order valence-corrected chi connectivity index (χ3v) is 3.10. The number of amides is 1. The van der Waals surface area contributed by atoms with Crippen molar-refractivity contribution in [3.63, 3.8) is 0 Å². The molecule has 7 heteroatoms. The summed E-state index contributed by atoms with van der Waals surface area (Å²) in [6, 6.07) is 0. The molecule has 1 amide bonds. The monoisotopic (exact) mass is 316 g/mol. The van der Waals surface area contributed by atoms with Gasteiger partial charge in [-0.25, -0.2) is 9.78 Å². The highest BCUT2D eigenvalue weighted by atomic mass is 35.5. The van der Waals surface area contributed by atoms with E-state index in [2.05, 4.69) is 23.6 Å². The molecule has 21 heavy (non-hydrogen) atoms. The molecule has 0 aromatic carbocycles. The van der Waals surface area contributed by atoms with Gasteiger partial charge in [0.1, 0.15) is 6.26 Å². The molecule has 118 valence electrons. The molecule has 0 spiro atoms. The summed E-state index contributed by atoms with van der Waals surface area (Å²) in [6.45, 7) is 5.00. The predicted molar refractivity (Wildman–Crippen MR) is 78.1 cm³/mol. The second-order valence-corrected chi connectivity index (χ2v) is 5.43. The third-order valence-electron chi connectivity index (χ3n) is 2.91. The van der Waals surface area contributed by atoms with Crippen molar-refractivity contribution in [2.45, 2.75) is 33.2 Å². The number of oxazole rings is 1. The fourth-order valence-electron chi connectivity index (χ4n) is 1.69. The van der Waals surface area contributed by atoms with Crippen LogP contribution in [0.15, 0.2) is 10.7 Å². The molecule has 1 aromatic rings. The maximum Gasteiger partial charge on any atom is 0.360 e. The number of alkyl halides is 1. The molecule has 1 rings (SSSR count). The highest BCUT2D eigenvalue weighted by Gasteiger charge is 2.18. The van der Waals surface area contributed by atoms with E-state index in [0.29, 0.717) is 18.4 Å². The summed E-state index contributed by atoms with van der Waals surface area (Å²) < 4.78 is 9.77. The topological polar surface area (TPSA) is 72.6 Å². The van der Waals surface area contributed by atoms with Crippen molar-refractivity contribution in [1.29, 1.82) is 0 Å². The van der Waals surface area contributed by atoms with E-state index < -0.39 is 5.97 Å². The Labute approximate surface area is 129 Å². The summed E-state index contributed by atoms with van der Waals surface area (Å²) in [5.74, 6) is 0.443.